The van der Waals surface area contributed by atoms with Gasteiger partial charge in [-0.3, -0.25) is 0 Å². The first-order chi connectivity index (χ1) is 3.18. The van der Waals surface area contributed by atoms with E-state index >= 15 is 0 Å². The number of hydrogen-bond donors (Lipinski definition) is 0. The van der Waals surface area contributed by atoms with Crippen molar-refractivity contribution in [1.29, 1.82) is 0 Å². The maximum Gasteiger partial charge on any atom is 0.218 e. The first-order valence-electron chi connectivity index (χ1n) is 1.74. The second kappa shape index (κ2) is 2.86. The zero-order valence-electron chi connectivity index (χ0n) is 4.16. The lowest BCUT2D eigenvalue weighted by atomic mass is 10.7. The van der Waals surface area contributed by atoms with Gasteiger partial charge in [0.15, 0.2) is 5.83 Å². The van der Waals surface area contributed by atoms with Crippen LogP contribution in [0.2, 0.25) is 0 Å². The van der Waals surface area contributed by atoms with Crippen molar-refractivity contribution in [3.8, 4) is 0 Å². The van der Waals surface area contributed by atoms with Crippen molar-refractivity contribution in [1.82, 2.24) is 0 Å². The molecule has 0 aromatic carbocycles. The third-order valence-electron chi connectivity index (χ3n) is 0.450. The molecule has 0 aromatic heterocycles. The summed E-state index contributed by atoms with van der Waals surface area (Å²) < 4.78 is 16.0. The molecule has 0 saturated carbocycles. The van der Waals surface area contributed by atoms with Gasteiger partial charge in [-0.2, -0.15) is 0 Å². The topological polar surface area (TPSA) is 9.23 Å². The van der Waals surface area contributed by atoms with Crippen molar-refractivity contribution in [3.05, 3.63) is 11.0 Å². The zero-order chi connectivity index (χ0) is 5.86. The highest BCUT2D eigenvalue weighted by atomic mass is 35.5. The number of hydrogen-bond acceptors (Lipinski definition) is 1. The summed E-state index contributed by atoms with van der Waals surface area (Å²) in [6.07, 6.45) is 0. The van der Waals surface area contributed by atoms with Gasteiger partial charge in [0, 0.05) is 0 Å². The van der Waals surface area contributed by atoms with Crippen LogP contribution in [0.15, 0.2) is 11.0 Å². The Hall–Kier alpha value is -0.240. The molecule has 0 rings (SSSR count). The number of rotatable bonds is 1. The minimum absolute atomic E-state index is 0.181. The summed E-state index contributed by atoms with van der Waals surface area (Å²) in [7, 11) is 1.31. The van der Waals surface area contributed by atoms with Gasteiger partial charge in [-0.25, -0.2) is 4.39 Å². The quantitative estimate of drug-likeness (QED) is 0.486. The Labute approximate surface area is 46.7 Å². The predicted octanol–water partition coefficient (Wildman–Crippen LogP) is 2.03. The molecule has 0 unspecified atom stereocenters. The monoisotopic (exact) mass is 124 g/mol. The minimum Gasteiger partial charge on any atom is -0.484 e. The molecule has 0 aliphatic heterocycles. The molecule has 1 nitrogen and oxygen atoms in total. The van der Waals surface area contributed by atoms with Crippen LogP contribution >= 0.6 is 11.6 Å². The third kappa shape index (κ3) is 2.45. The van der Waals surface area contributed by atoms with Gasteiger partial charge in [0.25, 0.3) is 0 Å². The van der Waals surface area contributed by atoms with Crippen molar-refractivity contribution in [2.24, 2.45) is 0 Å². The first-order valence-corrected chi connectivity index (χ1v) is 2.12. The second-order valence-electron chi connectivity index (χ2n) is 1.01. The summed E-state index contributed by atoms with van der Waals surface area (Å²) >= 11 is 5.08. The molecule has 0 saturated heterocycles. The van der Waals surface area contributed by atoms with Crippen molar-refractivity contribution in [2.45, 2.75) is 6.92 Å². The maximum atomic E-state index is 11.7. The van der Waals surface area contributed by atoms with E-state index in [2.05, 4.69) is 4.74 Å². The number of methoxy groups -OCH3 is 1. The Morgan fingerprint density at radius 1 is 1.71 bits per heavy atom. The highest BCUT2D eigenvalue weighted by Gasteiger charge is 1.92. The SMILES string of the molecule is CO/C(Cl)=C(/C)F. The van der Waals surface area contributed by atoms with Gasteiger partial charge in [0.1, 0.15) is 0 Å². The van der Waals surface area contributed by atoms with E-state index in [0.717, 1.165) is 0 Å². The molecule has 42 valence electrons. The molecule has 0 spiro atoms. The third-order valence-corrected chi connectivity index (χ3v) is 0.865. The lowest BCUT2D eigenvalue weighted by Gasteiger charge is -1.91. The molecule has 0 bridgehead atoms. The van der Waals surface area contributed by atoms with Crippen LogP contribution in [0.3, 0.4) is 0 Å². The van der Waals surface area contributed by atoms with E-state index in [4.69, 9.17) is 11.6 Å². The Bertz CT molecular complexity index is 85.7. The summed E-state index contributed by atoms with van der Waals surface area (Å²) in [5.41, 5.74) is 0. The van der Waals surface area contributed by atoms with Crippen LogP contribution in [0.5, 0.6) is 0 Å². The number of ether oxygens (including phenoxy) is 1. The van der Waals surface area contributed by atoms with Crippen LogP contribution in [0, 0.1) is 0 Å². The van der Waals surface area contributed by atoms with Crippen LogP contribution in [0.25, 0.3) is 0 Å². The lowest BCUT2D eigenvalue weighted by Crippen LogP contribution is -1.75. The fraction of sp³-hybridized carbons (Fsp3) is 0.500. The molecule has 0 aliphatic rings. The second-order valence-corrected chi connectivity index (χ2v) is 1.35. The summed E-state index contributed by atoms with van der Waals surface area (Å²) in [6, 6.07) is 0. The van der Waals surface area contributed by atoms with Crippen molar-refractivity contribution < 1.29 is 9.13 Å². The normalized spacial score (nSPS) is 13.1. The van der Waals surface area contributed by atoms with E-state index in [0.29, 0.717) is 0 Å². The number of allylic oxidation sites excluding steroid dienone is 1. The standard InChI is InChI=1S/C4H6ClFO/c1-3(6)4(5)7-2/h1-2H3/b4-3-. The Morgan fingerprint density at radius 3 is 2.14 bits per heavy atom. The predicted molar refractivity (Wildman–Crippen MR) is 26.7 cm³/mol. The average Bonchev–Trinajstić information content (AvgIpc) is 1.65. The number of halogens is 2. The van der Waals surface area contributed by atoms with Crippen LogP contribution in [-0.4, -0.2) is 7.11 Å². The largest absolute Gasteiger partial charge is 0.484 e. The maximum absolute atomic E-state index is 11.7. The van der Waals surface area contributed by atoms with E-state index in [-0.39, 0.29) is 5.22 Å². The van der Waals surface area contributed by atoms with Gasteiger partial charge in [0.05, 0.1) is 7.11 Å². The molecular weight excluding hydrogens is 118 g/mol. The van der Waals surface area contributed by atoms with Crippen molar-refractivity contribution >= 4 is 11.6 Å². The highest BCUT2D eigenvalue weighted by molar-refractivity contribution is 6.28. The molecule has 3 heteroatoms. The molecule has 0 N–H and O–H groups in total. The van der Waals surface area contributed by atoms with E-state index in [9.17, 15) is 4.39 Å². The molecular formula is C4H6ClFO. The molecule has 0 heterocycles. The van der Waals surface area contributed by atoms with Gasteiger partial charge in [-0.1, -0.05) is 0 Å². The van der Waals surface area contributed by atoms with Gasteiger partial charge in [-0.15, -0.1) is 0 Å². The van der Waals surface area contributed by atoms with Gasteiger partial charge < -0.3 is 4.74 Å². The lowest BCUT2D eigenvalue weighted by molar-refractivity contribution is 0.306. The Kier molecular flexibility index (Phi) is 2.76. The Morgan fingerprint density at radius 2 is 2.14 bits per heavy atom. The molecule has 0 fully saturated rings. The first kappa shape index (κ1) is 6.76. The summed E-state index contributed by atoms with van der Waals surface area (Å²) in [6.45, 7) is 1.23. The molecule has 0 radical (unpaired) electrons. The highest BCUT2D eigenvalue weighted by Crippen LogP contribution is 2.08. The van der Waals surface area contributed by atoms with E-state index in [1.807, 2.05) is 0 Å². The van der Waals surface area contributed by atoms with Crippen molar-refractivity contribution in [3.63, 3.8) is 0 Å². The zero-order valence-corrected chi connectivity index (χ0v) is 4.92. The summed E-state index contributed by atoms with van der Waals surface area (Å²) in [5.74, 6) is -0.496. The van der Waals surface area contributed by atoms with E-state index in [1.165, 1.54) is 14.0 Å². The smallest absolute Gasteiger partial charge is 0.218 e. The average molecular weight is 125 g/mol. The van der Waals surface area contributed by atoms with E-state index in [1.54, 1.807) is 0 Å². The van der Waals surface area contributed by atoms with Gasteiger partial charge in [0.2, 0.25) is 5.22 Å². The molecule has 7 heavy (non-hydrogen) atoms. The summed E-state index contributed by atoms with van der Waals surface area (Å²) in [5, 5.41) is -0.181. The molecule has 0 amide bonds. The molecule has 0 aliphatic carbocycles. The van der Waals surface area contributed by atoms with Crippen molar-refractivity contribution in [2.75, 3.05) is 7.11 Å². The van der Waals surface area contributed by atoms with Gasteiger partial charge in [-0.05, 0) is 18.5 Å². The Balaban J connectivity index is 3.72. The van der Waals surface area contributed by atoms with Crippen LogP contribution in [0.4, 0.5) is 4.39 Å². The molecule has 0 atom stereocenters. The fourth-order valence-corrected chi connectivity index (χ4v) is 0.141. The van der Waals surface area contributed by atoms with Crippen LogP contribution in [-0.2, 0) is 4.74 Å². The van der Waals surface area contributed by atoms with Crippen LogP contribution < -0.4 is 0 Å². The van der Waals surface area contributed by atoms with E-state index < -0.39 is 5.83 Å². The summed E-state index contributed by atoms with van der Waals surface area (Å²) in [4.78, 5) is 0. The minimum atomic E-state index is -0.496. The molecule has 0 aromatic rings. The fourth-order valence-electron chi connectivity index (χ4n) is 0.141. The van der Waals surface area contributed by atoms with Gasteiger partial charge >= 0.3 is 0 Å². The van der Waals surface area contributed by atoms with Crippen LogP contribution in [0.1, 0.15) is 6.92 Å².